The van der Waals surface area contributed by atoms with Gasteiger partial charge in [-0.05, 0) is 36.2 Å². The van der Waals surface area contributed by atoms with Crippen molar-refractivity contribution < 1.29 is 37.0 Å². The van der Waals surface area contributed by atoms with E-state index >= 15 is 0 Å². The van der Waals surface area contributed by atoms with Crippen LogP contribution in [0.2, 0.25) is 0 Å². The number of alkyl halides is 3. The fraction of sp³-hybridized carbons (Fsp3) is 0.292. The standard InChI is InChI=1S/C24H25F3N4O5S/c1-15(32)28-9-4-10-31-21(16-5-7-18(8-6-16)36-24(25,26)27)14-37-23(31)30-22(33)29-17-11-19(34-2)13-20(12-17)35-3/h5-8,11-14H,4,9-10H2,1-3H3,(H,28,32)(H,29,33). The molecule has 198 valence electrons. The number of nitrogens with one attached hydrogen (secondary N) is 2. The van der Waals surface area contributed by atoms with Gasteiger partial charge in [-0.2, -0.15) is 4.99 Å². The molecule has 0 radical (unpaired) electrons. The number of aromatic nitrogens is 1. The number of rotatable bonds is 9. The summed E-state index contributed by atoms with van der Waals surface area (Å²) >= 11 is 1.19. The molecular weight excluding hydrogens is 513 g/mol. The first-order valence-electron chi connectivity index (χ1n) is 11.0. The van der Waals surface area contributed by atoms with Crippen LogP contribution < -0.4 is 29.6 Å². The lowest BCUT2D eigenvalue weighted by atomic mass is 10.1. The van der Waals surface area contributed by atoms with Gasteiger partial charge in [-0.1, -0.05) is 0 Å². The van der Waals surface area contributed by atoms with Gasteiger partial charge in [-0.15, -0.1) is 24.5 Å². The molecule has 3 rings (SSSR count). The monoisotopic (exact) mass is 538 g/mol. The molecule has 0 bridgehead atoms. The number of halogens is 3. The molecule has 13 heteroatoms. The number of hydrogen-bond acceptors (Lipinski definition) is 6. The van der Waals surface area contributed by atoms with Gasteiger partial charge in [-0.3, -0.25) is 4.79 Å². The van der Waals surface area contributed by atoms with Crippen molar-refractivity contribution in [2.75, 3.05) is 26.1 Å². The SMILES string of the molecule is COc1cc(NC(=O)N=c2scc(-c3ccc(OC(F)(F)F)cc3)n2CCCNC(C)=O)cc(OC)c1. The van der Waals surface area contributed by atoms with E-state index < -0.39 is 12.4 Å². The molecule has 0 aliphatic rings. The smallest absolute Gasteiger partial charge is 0.497 e. The highest BCUT2D eigenvalue weighted by Gasteiger charge is 2.31. The topological polar surface area (TPSA) is 103 Å². The van der Waals surface area contributed by atoms with Crippen LogP contribution >= 0.6 is 11.3 Å². The first-order valence-corrected chi connectivity index (χ1v) is 11.8. The predicted octanol–water partition coefficient (Wildman–Crippen LogP) is 4.79. The number of thiazole rings is 1. The van der Waals surface area contributed by atoms with Crippen LogP contribution in [0.5, 0.6) is 17.2 Å². The van der Waals surface area contributed by atoms with Crippen LogP contribution in [-0.2, 0) is 11.3 Å². The van der Waals surface area contributed by atoms with Crippen LogP contribution in [0, 0.1) is 0 Å². The van der Waals surface area contributed by atoms with Crippen LogP contribution in [0.4, 0.5) is 23.7 Å². The van der Waals surface area contributed by atoms with Gasteiger partial charge in [0, 0.05) is 49.3 Å². The van der Waals surface area contributed by atoms with Gasteiger partial charge in [0.25, 0.3) is 0 Å². The molecule has 0 unspecified atom stereocenters. The summed E-state index contributed by atoms with van der Waals surface area (Å²) in [6.07, 6.45) is -4.26. The Morgan fingerprint density at radius 2 is 1.68 bits per heavy atom. The highest BCUT2D eigenvalue weighted by atomic mass is 32.1. The van der Waals surface area contributed by atoms with Crippen LogP contribution in [-0.4, -0.2) is 43.6 Å². The van der Waals surface area contributed by atoms with Crippen molar-refractivity contribution in [2.24, 2.45) is 4.99 Å². The lowest BCUT2D eigenvalue weighted by molar-refractivity contribution is -0.274. The lowest BCUT2D eigenvalue weighted by Gasteiger charge is -2.12. The largest absolute Gasteiger partial charge is 0.573 e. The van der Waals surface area contributed by atoms with Crippen molar-refractivity contribution in [2.45, 2.75) is 26.3 Å². The van der Waals surface area contributed by atoms with Gasteiger partial charge in [0.15, 0.2) is 4.80 Å². The van der Waals surface area contributed by atoms with Crippen molar-refractivity contribution in [3.8, 4) is 28.5 Å². The molecule has 37 heavy (non-hydrogen) atoms. The number of nitrogens with zero attached hydrogens (tertiary/aromatic N) is 2. The molecule has 0 atom stereocenters. The molecule has 0 spiro atoms. The van der Waals surface area contributed by atoms with E-state index in [-0.39, 0.29) is 11.7 Å². The Morgan fingerprint density at radius 3 is 2.24 bits per heavy atom. The average molecular weight is 539 g/mol. The van der Waals surface area contributed by atoms with E-state index in [0.29, 0.717) is 52.8 Å². The first kappa shape index (κ1) is 27.6. The Balaban J connectivity index is 1.90. The van der Waals surface area contributed by atoms with Crippen molar-refractivity contribution >= 4 is 29.0 Å². The fourth-order valence-electron chi connectivity index (χ4n) is 3.31. The van der Waals surface area contributed by atoms with Crippen LogP contribution in [0.15, 0.2) is 52.8 Å². The van der Waals surface area contributed by atoms with Gasteiger partial charge in [0.05, 0.1) is 19.9 Å². The van der Waals surface area contributed by atoms with Crippen LogP contribution in [0.3, 0.4) is 0 Å². The number of amides is 3. The van der Waals surface area contributed by atoms with Crippen molar-refractivity contribution in [1.82, 2.24) is 9.88 Å². The number of hydrogen-bond donors (Lipinski definition) is 2. The second-order valence-electron chi connectivity index (χ2n) is 7.61. The van der Waals surface area contributed by atoms with E-state index in [1.54, 1.807) is 28.1 Å². The minimum Gasteiger partial charge on any atom is -0.497 e. The molecule has 9 nitrogen and oxygen atoms in total. The van der Waals surface area contributed by atoms with E-state index in [4.69, 9.17) is 9.47 Å². The summed E-state index contributed by atoms with van der Waals surface area (Å²) in [4.78, 5) is 28.5. The molecule has 0 saturated heterocycles. The lowest BCUT2D eigenvalue weighted by Crippen LogP contribution is -2.25. The molecule has 0 aliphatic heterocycles. The summed E-state index contributed by atoms with van der Waals surface area (Å²) in [6.45, 7) is 2.19. The molecule has 2 N–H and O–H groups in total. The summed E-state index contributed by atoms with van der Waals surface area (Å²) < 4.78 is 53.6. The van der Waals surface area contributed by atoms with Gasteiger partial charge < -0.3 is 29.4 Å². The van der Waals surface area contributed by atoms with Gasteiger partial charge in [0.1, 0.15) is 17.2 Å². The van der Waals surface area contributed by atoms with Crippen molar-refractivity contribution in [3.63, 3.8) is 0 Å². The zero-order valence-electron chi connectivity index (χ0n) is 20.2. The van der Waals surface area contributed by atoms with Gasteiger partial charge in [0.2, 0.25) is 5.91 Å². The Labute approximate surface area is 214 Å². The van der Waals surface area contributed by atoms with Crippen LogP contribution in [0.1, 0.15) is 13.3 Å². The fourth-order valence-corrected chi connectivity index (χ4v) is 4.25. The number of anilines is 1. The molecule has 0 fully saturated rings. The Hall–Kier alpha value is -4.00. The third-order valence-electron chi connectivity index (χ3n) is 4.91. The van der Waals surface area contributed by atoms with E-state index in [2.05, 4.69) is 20.4 Å². The maximum absolute atomic E-state index is 12.7. The second kappa shape index (κ2) is 12.3. The molecule has 3 amide bonds. The third kappa shape index (κ3) is 8.27. The van der Waals surface area contributed by atoms with E-state index in [1.165, 1.54) is 56.7 Å². The molecule has 1 aromatic heterocycles. The second-order valence-corrected chi connectivity index (χ2v) is 8.44. The van der Waals surface area contributed by atoms with Gasteiger partial charge >= 0.3 is 12.4 Å². The molecule has 0 saturated carbocycles. The Bertz CT molecular complexity index is 1280. The quantitative estimate of drug-likeness (QED) is 0.382. The number of benzene rings is 2. The predicted molar refractivity (Wildman–Crippen MR) is 132 cm³/mol. The molecule has 2 aromatic carbocycles. The molecule has 1 heterocycles. The Kier molecular flexibility index (Phi) is 9.17. The molecule has 3 aromatic rings. The van der Waals surface area contributed by atoms with E-state index in [0.717, 1.165) is 0 Å². The number of ether oxygens (including phenoxy) is 3. The summed E-state index contributed by atoms with van der Waals surface area (Å²) in [6, 6.07) is 9.63. The molecular formula is C24H25F3N4O5S. The zero-order valence-corrected chi connectivity index (χ0v) is 21.0. The summed E-state index contributed by atoms with van der Waals surface area (Å²) in [7, 11) is 2.98. The highest BCUT2D eigenvalue weighted by molar-refractivity contribution is 7.07. The summed E-state index contributed by atoms with van der Waals surface area (Å²) in [5.41, 5.74) is 1.66. The molecule has 0 aliphatic carbocycles. The van der Waals surface area contributed by atoms with E-state index in [1.807, 2.05) is 0 Å². The zero-order chi connectivity index (χ0) is 27.0. The first-order chi connectivity index (χ1) is 17.6. The number of methoxy groups -OCH3 is 2. The van der Waals surface area contributed by atoms with Crippen molar-refractivity contribution in [3.05, 3.63) is 52.6 Å². The number of carbonyl (C=O) groups excluding carboxylic acids is 2. The third-order valence-corrected chi connectivity index (χ3v) is 5.78. The van der Waals surface area contributed by atoms with E-state index in [9.17, 15) is 22.8 Å². The number of carbonyl (C=O) groups is 2. The van der Waals surface area contributed by atoms with Gasteiger partial charge in [-0.25, -0.2) is 4.79 Å². The maximum atomic E-state index is 12.7. The minimum atomic E-state index is -4.79. The van der Waals surface area contributed by atoms with Crippen molar-refractivity contribution in [1.29, 1.82) is 0 Å². The normalized spacial score (nSPS) is 11.7. The maximum Gasteiger partial charge on any atom is 0.573 e. The summed E-state index contributed by atoms with van der Waals surface area (Å²) in [5.74, 6) is 0.452. The average Bonchev–Trinajstić information content (AvgIpc) is 3.22. The number of urea groups is 1. The Morgan fingerprint density at radius 1 is 1.03 bits per heavy atom. The summed E-state index contributed by atoms with van der Waals surface area (Å²) in [5, 5.41) is 7.13. The highest BCUT2D eigenvalue weighted by Crippen LogP contribution is 2.28. The van der Waals surface area contributed by atoms with Crippen LogP contribution in [0.25, 0.3) is 11.3 Å². The minimum absolute atomic E-state index is 0.172.